The Morgan fingerprint density at radius 2 is 2.24 bits per heavy atom. The quantitative estimate of drug-likeness (QED) is 0.906. The van der Waals surface area contributed by atoms with E-state index in [4.69, 9.17) is 5.73 Å². The molecule has 1 aliphatic carbocycles. The van der Waals surface area contributed by atoms with Gasteiger partial charge in [-0.05, 0) is 37.9 Å². The molecule has 0 saturated heterocycles. The van der Waals surface area contributed by atoms with Crippen LogP contribution < -0.4 is 5.73 Å². The maximum absolute atomic E-state index is 13.7. The number of likely N-dealkylation sites (N-methyl/N-ethyl adjacent to an activating group) is 1. The first-order valence-corrected chi connectivity index (χ1v) is 6.75. The fourth-order valence-corrected chi connectivity index (χ4v) is 2.58. The van der Waals surface area contributed by atoms with Crippen molar-refractivity contribution < 1.29 is 4.39 Å². The summed E-state index contributed by atoms with van der Waals surface area (Å²) in [5.74, 6) is 0.557. The summed E-state index contributed by atoms with van der Waals surface area (Å²) in [6, 6.07) is 5.60. The van der Waals surface area contributed by atoms with Gasteiger partial charge in [0.1, 0.15) is 5.82 Å². The van der Waals surface area contributed by atoms with Gasteiger partial charge in [0, 0.05) is 29.2 Å². The summed E-state index contributed by atoms with van der Waals surface area (Å²) in [5, 5.41) is 0. The molecule has 1 atom stereocenters. The lowest BCUT2D eigenvalue weighted by Gasteiger charge is -2.27. The van der Waals surface area contributed by atoms with Gasteiger partial charge in [0.05, 0.1) is 0 Å². The van der Waals surface area contributed by atoms with Crippen LogP contribution in [0, 0.1) is 11.7 Å². The number of hydrogen-bond acceptors (Lipinski definition) is 2. The van der Waals surface area contributed by atoms with Crippen molar-refractivity contribution in [1.29, 1.82) is 0 Å². The van der Waals surface area contributed by atoms with Crippen molar-refractivity contribution in [2.75, 3.05) is 13.6 Å². The molecule has 0 aliphatic heterocycles. The first-order chi connectivity index (χ1) is 8.11. The number of benzene rings is 1. The predicted molar refractivity (Wildman–Crippen MR) is 71.1 cm³/mol. The van der Waals surface area contributed by atoms with Crippen LogP contribution in [0.1, 0.15) is 18.4 Å². The lowest BCUT2D eigenvalue weighted by atomic mass is 10.1. The van der Waals surface area contributed by atoms with Gasteiger partial charge < -0.3 is 5.73 Å². The zero-order valence-electron chi connectivity index (χ0n) is 10.00. The molecular formula is C13H18BrFN2. The molecule has 1 aromatic rings. The Kier molecular flexibility index (Phi) is 4.17. The van der Waals surface area contributed by atoms with Gasteiger partial charge in [0.15, 0.2) is 0 Å². The minimum absolute atomic E-state index is 0.155. The number of rotatable bonds is 5. The first kappa shape index (κ1) is 13.0. The van der Waals surface area contributed by atoms with E-state index in [1.54, 1.807) is 0 Å². The van der Waals surface area contributed by atoms with Gasteiger partial charge in [-0.25, -0.2) is 4.39 Å². The third-order valence-electron chi connectivity index (χ3n) is 3.41. The summed E-state index contributed by atoms with van der Waals surface area (Å²) in [5.41, 5.74) is 6.52. The van der Waals surface area contributed by atoms with Gasteiger partial charge in [-0.2, -0.15) is 0 Å². The number of nitrogens with zero attached hydrogens (tertiary/aromatic N) is 1. The molecule has 1 fully saturated rings. The van der Waals surface area contributed by atoms with Crippen LogP contribution in [0.3, 0.4) is 0 Å². The molecule has 0 aromatic heterocycles. The summed E-state index contributed by atoms with van der Waals surface area (Å²) in [6.07, 6.45) is 2.52. The molecule has 94 valence electrons. The van der Waals surface area contributed by atoms with E-state index >= 15 is 0 Å². The van der Waals surface area contributed by atoms with Crippen LogP contribution in [0.25, 0.3) is 0 Å². The van der Waals surface area contributed by atoms with Crippen molar-refractivity contribution in [3.05, 3.63) is 34.1 Å². The van der Waals surface area contributed by atoms with Gasteiger partial charge in [-0.15, -0.1) is 0 Å². The van der Waals surface area contributed by atoms with E-state index in [0.29, 0.717) is 25.0 Å². The fraction of sp³-hybridized carbons (Fsp3) is 0.538. The highest BCUT2D eigenvalue weighted by molar-refractivity contribution is 9.10. The van der Waals surface area contributed by atoms with E-state index in [1.807, 2.05) is 19.2 Å². The Hall–Kier alpha value is -0.450. The van der Waals surface area contributed by atoms with Crippen molar-refractivity contribution in [3.63, 3.8) is 0 Å². The average molecular weight is 301 g/mol. The van der Waals surface area contributed by atoms with Gasteiger partial charge >= 0.3 is 0 Å². The van der Waals surface area contributed by atoms with Crippen LogP contribution in [0.4, 0.5) is 4.39 Å². The van der Waals surface area contributed by atoms with Crippen molar-refractivity contribution in [1.82, 2.24) is 4.90 Å². The molecular weight excluding hydrogens is 283 g/mol. The second-order valence-electron chi connectivity index (χ2n) is 4.79. The van der Waals surface area contributed by atoms with Gasteiger partial charge in [0.2, 0.25) is 0 Å². The highest BCUT2D eigenvalue weighted by Crippen LogP contribution is 2.35. The maximum Gasteiger partial charge on any atom is 0.128 e. The molecule has 17 heavy (non-hydrogen) atoms. The van der Waals surface area contributed by atoms with E-state index in [2.05, 4.69) is 20.8 Å². The van der Waals surface area contributed by atoms with E-state index in [9.17, 15) is 4.39 Å². The summed E-state index contributed by atoms with van der Waals surface area (Å²) >= 11 is 3.26. The van der Waals surface area contributed by atoms with Crippen LogP contribution in [0.2, 0.25) is 0 Å². The largest absolute Gasteiger partial charge is 0.329 e. The third-order valence-corrected chi connectivity index (χ3v) is 3.90. The minimum Gasteiger partial charge on any atom is -0.329 e. The number of halogens is 2. The molecule has 0 amide bonds. The third kappa shape index (κ3) is 3.27. The summed E-state index contributed by atoms with van der Waals surface area (Å²) in [7, 11) is 2.03. The van der Waals surface area contributed by atoms with Gasteiger partial charge in [-0.1, -0.05) is 22.0 Å². The molecule has 2 N–H and O–H groups in total. The zero-order chi connectivity index (χ0) is 12.4. The topological polar surface area (TPSA) is 29.3 Å². The first-order valence-electron chi connectivity index (χ1n) is 5.96. The van der Waals surface area contributed by atoms with Gasteiger partial charge in [0.25, 0.3) is 0 Å². The summed E-state index contributed by atoms with van der Waals surface area (Å²) < 4.78 is 14.5. The van der Waals surface area contributed by atoms with E-state index in [0.717, 1.165) is 10.0 Å². The predicted octanol–water partition coefficient (Wildman–Crippen LogP) is 2.76. The molecule has 0 bridgehead atoms. The summed E-state index contributed by atoms with van der Waals surface area (Å²) in [6.45, 7) is 1.27. The Labute approximate surface area is 110 Å². The monoisotopic (exact) mass is 300 g/mol. The van der Waals surface area contributed by atoms with E-state index < -0.39 is 0 Å². The number of hydrogen-bond donors (Lipinski definition) is 1. The van der Waals surface area contributed by atoms with Crippen LogP contribution in [-0.2, 0) is 6.54 Å². The highest BCUT2D eigenvalue weighted by Gasteiger charge is 2.32. The fourth-order valence-electron chi connectivity index (χ4n) is 2.25. The molecule has 2 nitrogen and oxygen atoms in total. The molecule has 1 aliphatic rings. The lowest BCUT2D eigenvalue weighted by Crippen LogP contribution is -2.39. The Morgan fingerprint density at radius 3 is 2.76 bits per heavy atom. The lowest BCUT2D eigenvalue weighted by molar-refractivity contribution is 0.213. The highest BCUT2D eigenvalue weighted by atomic mass is 79.9. The Bertz CT molecular complexity index is 393. The Balaban J connectivity index is 2.03. The van der Waals surface area contributed by atoms with Crippen molar-refractivity contribution in [2.45, 2.75) is 25.4 Å². The molecule has 0 heterocycles. The molecule has 1 aromatic carbocycles. The minimum atomic E-state index is -0.155. The maximum atomic E-state index is 13.7. The standard InChI is InChI=1S/C13H18BrFN2/c1-17(13(7-16)9-2-3-9)8-10-4-5-11(14)6-12(10)15/h4-6,9,13H,2-3,7-8,16H2,1H3. The molecule has 2 rings (SSSR count). The van der Waals surface area contributed by atoms with Crippen LogP contribution in [0.15, 0.2) is 22.7 Å². The summed E-state index contributed by atoms with van der Waals surface area (Å²) in [4.78, 5) is 2.17. The van der Waals surface area contributed by atoms with Crippen molar-refractivity contribution >= 4 is 15.9 Å². The molecule has 0 spiro atoms. The van der Waals surface area contributed by atoms with E-state index in [-0.39, 0.29) is 5.82 Å². The van der Waals surface area contributed by atoms with Crippen LogP contribution >= 0.6 is 15.9 Å². The second-order valence-corrected chi connectivity index (χ2v) is 5.71. The average Bonchev–Trinajstić information content (AvgIpc) is 3.08. The van der Waals surface area contributed by atoms with Crippen LogP contribution in [-0.4, -0.2) is 24.5 Å². The molecule has 4 heteroatoms. The smallest absolute Gasteiger partial charge is 0.128 e. The zero-order valence-corrected chi connectivity index (χ0v) is 11.6. The molecule has 0 radical (unpaired) electrons. The van der Waals surface area contributed by atoms with Gasteiger partial charge in [-0.3, -0.25) is 4.90 Å². The van der Waals surface area contributed by atoms with Crippen molar-refractivity contribution in [2.24, 2.45) is 11.7 Å². The van der Waals surface area contributed by atoms with Crippen LogP contribution in [0.5, 0.6) is 0 Å². The SMILES string of the molecule is CN(Cc1ccc(Br)cc1F)C(CN)C1CC1. The second kappa shape index (κ2) is 5.46. The molecule has 1 unspecified atom stereocenters. The normalized spacial score (nSPS) is 17.5. The number of nitrogens with two attached hydrogens (primary N) is 1. The Morgan fingerprint density at radius 1 is 1.53 bits per heavy atom. The molecule has 1 saturated carbocycles. The van der Waals surface area contributed by atoms with E-state index in [1.165, 1.54) is 18.9 Å². The van der Waals surface area contributed by atoms with Crippen molar-refractivity contribution in [3.8, 4) is 0 Å².